The summed E-state index contributed by atoms with van der Waals surface area (Å²) in [6, 6.07) is 7.26. The highest BCUT2D eigenvalue weighted by molar-refractivity contribution is 5.22. The number of nitrogens with one attached hydrogen (secondary N) is 1. The summed E-state index contributed by atoms with van der Waals surface area (Å²) in [6.45, 7) is 1.97. The zero-order valence-corrected chi connectivity index (χ0v) is 9.20. The molecule has 0 radical (unpaired) electrons. The molecule has 1 saturated heterocycles. The molecule has 1 aliphatic heterocycles. The summed E-state index contributed by atoms with van der Waals surface area (Å²) >= 11 is 0. The second-order valence-corrected chi connectivity index (χ2v) is 4.35. The van der Waals surface area contributed by atoms with Gasteiger partial charge in [-0.05, 0) is 20.2 Å². The Hall–Kier alpha value is -0.930. The molecule has 2 rings (SSSR count). The molecule has 1 heterocycles. The van der Waals surface area contributed by atoms with Gasteiger partial charge in [-0.1, -0.05) is 18.2 Å². The quantitative estimate of drug-likeness (QED) is 0.812. The minimum Gasteiger partial charge on any atom is -0.316 e. The third-order valence-electron chi connectivity index (χ3n) is 3.04. The van der Waals surface area contributed by atoms with E-state index in [-0.39, 0.29) is 11.9 Å². The molecule has 0 spiro atoms. The van der Waals surface area contributed by atoms with Crippen molar-refractivity contribution in [2.45, 2.75) is 6.04 Å². The molecule has 1 aliphatic rings. The Morgan fingerprint density at radius 3 is 2.47 bits per heavy atom. The largest absolute Gasteiger partial charge is 0.316 e. The molecule has 0 amide bonds. The number of hydrogen-bond donors (Lipinski definition) is 1. The third kappa shape index (κ3) is 2.03. The molecule has 3 heteroatoms. The lowest BCUT2D eigenvalue weighted by Gasteiger charge is -2.38. The summed E-state index contributed by atoms with van der Waals surface area (Å²) in [5.74, 6) is 0.431. The van der Waals surface area contributed by atoms with E-state index in [1.807, 2.05) is 26.2 Å². The Morgan fingerprint density at radius 2 is 2.00 bits per heavy atom. The van der Waals surface area contributed by atoms with Crippen LogP contribution in [0.3, 0.4) is 0 Å². The Bertz CT molecular complexity index is 334. The van der Waals surface area contributed by atoms with Crippen molar-refractivity contribution in [1.82, 2.24) is 10.2 Å². The van der Waals surface area contributed by atoms with E-state index in [1.54, 1.807) is 6.07 Å². The predicted octanol–water partition coefficient (Wildman–Crippen LogP) is 1.65. The van der Waals surface area contributed by atoms with Crippen LogP contribution in [0.1, 0.15) is 11.6 Å². The van der Waals surface area contributed by atoms with Gasteiger partial charge >= 0.3 is 0 Å². The van der Waals surface area contributed by atoms with Crippen LogP contribution in [-0.2, 0) is 0 Å². The summed E-state index contributed by atoms with van der Waals surface area (Å²) in [5.41, 5.74) is 0.814. The van der Waals surface area contributed by atoms with Crippen LogP contribution in [0.15, 0.2) is 24.3 Å². The van der Waals surface area contributed by atoms with Gasteiger partial charge in [0, 0.05) is 30.6 Å². The Kier molecular flexibility index (Phi) is 3.03. The van der Waals surface area contributed by atoms with Gasteiger partial charge in [-0.3, -0.25) is 0 Å². The van der Waals surface area contributed by atoms with Crippen LogP contribution in [-0.4, -0.2) is 32.1 Å². The number of nitrogens with zero attached hydrogens (tertiary/aromatic N) is 1. The van der Waals surface area contributed by atoms with Crippen LogP contribution >= 0.6 is 0 Å². The topological polar surface area (TPSA) is 15.3 Å². The first kappa shape index (κ1) is 10.6. The van der Waals surface area contributed by atoms with Crippen molar-refractivity contribution in [1.29, 1.82) is 0 Å². The maximum Gasteiger partial charge on any atom is 0.127 e. The van der Waals surface area contributed by atoms with Gasteiger partial charge in [0.2, 0.25) is 0 Å². The molecule has 1 unspecified atom stereocenters. The molecule has 0 saturated carbocycles. The fourth-order valence-electron chi connectivity index (χ4n) is 2.20. The Labute approximate surface area is 90.1 Å². The highest BCUT2D eigenvalue weighted by atomic mass is 19.1. The second kappa shape index (κ2) is 4.29. The van der Waals surface area contributed by atoms with Gasteiger partial charge in [0.1, 0.15) is 5.82 Å². The zero-order chi connectivity index (χ0) is 10.8. The highest BCUT2D eigenvalue weighted by Gasteiger charge is 2.31. The van der Waals surface area contributed by atoms with E-state index in [4.69, 9.17) is 0 Å². The first-order valence-electron chi connectivity index (χ1n) is 5.31. The van der Waals surface area contributed by atoms with E-state index >= 15 is 0 Å². The van der Waals surface area contributed by atoms with Gasteiger partial charge in [0.05, 0.1) is 0 Å². The maximum absolute atomic E-state index is 13.7. The summed E-state index contributed by atoms with van der Waals surface area (Å²) in [6.07, 6.45) is 0. The van der Waals surface area contributed by atoms with Gasteiger partial charge in [-0.25, -0.2) is 4.39 Å². The van der Waals surface area contributed by atoms with Crippen LogP contribution < -0.4 is 5.32 Å². The Morgan fingerprint density at radius 1 is 1.33 bits per heavy atom. The monoisotopic (exact) mass is 208 g/mol. The molecule has 1 aromatic carbocycles. The van der Waals surface area contributed by atoms with Gasteiger partial charge in [-0.15, -0.1) is 0 Å². The predicted molar refractivity (Wildman–Crippen MR) is 59.2 cm³/mol. The SMILES string of the molecule is CN(C)C(c1ccccc1F)C1CNC1. The van der Waals surface area contributed by atoms with Crippen LogP contribution in [0.2, 0.25) is 0 Å². The van der Waals surface area contributed by atoms with Gasteiger partial charge in [-0.2, -0.15) is 0 Å². The van der Waals surface area contributed by atoms with Crippen LogP contribution in [0.25, 0.3) is 0 Å². The molecule has 1 aromatic rings. The average molecular weight is 208 g/mol. The molecular weight excluding hydrogens is 191 g/mol. The molecule has 15 heavy (non-hydrogen) atoms. The van der Waals surface area contributed by atoms with E-state index in [1.165, 1.54) is 6.07 Å². The Balaban J connectivity index is 2.27. The van der Waals surface area contributed by atoms with E-state index in [9.17, 15) is 4.39 Å². The first-order valence-corrected chi connectivity index (χ1v) is 5.31. The van der Waals surface area contributed by atoms with E-state index in [0.29, 0.717) is 5.92 Å². The molecule has 0 aromatic heterocycles. The molecular formula is C12H17FN2. The number of benzene rings is 1. The second-order valence-electron chi connectivity index (χ2n) is 4.35. The molecule has 2 nitrogen and oxygen atoms in total. The lowest BCUT2D eigenvalue weighted by molar-refractivity contribution is 0.157. The van der Waals surface area contributed by atoms with Crippen molar-refractivity contribution in [2.75, 3.05) is 27.2 Å². The van der Waals surface area contributed by atoms with Gasteiger partial charge in [0.25, 0.3) is 0 Å². The fraction of sp³-hybridized carbons (Fsp3) is 0.500. The zero-order valence-electron chi connectivity index (χ0n) is 9.20. The molecule has 1 N–H and O–H groups in total. The van der Waals surface area contributed by atoms with Crippen molar-refractivity contribution < 1.29 is 4.39 Å². The molecule has 1 fully saturated rings. The van der Waals surface area contributed by atoms with Gasteiger partial charge < -0.3 is 10.2 Å². The van der Waals surface area contributed by atoms with Crippen molar-refractivity contribution in [2.24, 2.45) is 5.92 Å². The van der Waals surface area contributed by atoms with Crippen molar-refractivity contribution in [3.8, 4) is 0 Å². The van der Waals surface area contributed by atoms with E-state index in [2.05, 4.69) is 10.2 Å². The smallest absolute Gasteiger partial charge is 0.127 e. The molecule has 0 bridgehead atoms. The van der Waals surface area contributed by atoms with Crippen molar-refractivity contribution in [3.63, 3.8) is 0 Å². The van der Waals surface area contributed by atoms with E-state index in [0.717, 1.165) is 18.7 Å². The standard InChI is InChI=1S/C12H17FN2/c1-15(2)12(9-7-14-8-9)10-5-3-4-6-11(10)13/h3-6,9,12,14H,7-8H2,1-2H3. The fourth-order valence-corrected chi connectivity index (χ4v) is 2.20. The molecule has 1 atom stereocenters. The highest BCUT2D eigenvalue weighted by Crippen LogP contribution is 2.30. The summed E-state index contributed by atoms with van der Waals surface area (Å²) < 4.78 is 13.7. The van der Waals surface area contributed by atoms with Crippen molar-refractivity contribution >= 4 is 0 Å². The van der Waals surface area contributed by atoms with Crippen LogP contribution in [0.4, 0.5) is 4.39 Å². The molecule has 0 aliphatic carbocycles. The lowest BCUT2D eigenvalue weighted by Crippen LogP contribution is -2.48. The maximum atomic E-state index is 13.7. The number of hydrogen-bond acceptors (Lipinski definition) is 2. The minimum absolute atomic E-state index is 0.0944. The van der Waals surface area contributed by atoms with E-state index < -0.39 is 0 Å². The summed E-state index contributed by atoms with van der Waals surface area (Å²) in [7, 11) is 4.02. The minimum atomic E-state index is -0.0944. The number of halogens is 1. The van der Waals surface area contributed by atoms with Gasteiger partial charge in [0.15, 0.2) is 0 Å². The first-order chi connectivity index (χ1) is 7.20. The third-order valence-corrected chi connectivity index (χ3v) is 3.04. The molecule has 82 valence electrons. The lowest BCUT2D eigenvalue weighted by atomic mass is 9.87. The van der Waals surface area contributed by atoms with Crippen LogP contribution in [0.5, 0.6) is 0 Å². The van der Waals surface area contributed by atoms with Crippen LogP contribution in [0, 0.1) is 11.7 Å². The van der Waals surface area contributed by atoms with Crippen molar-refractivity contribution in [3.05, 3.63) is 35.6 Å². The number of rotatable bonds is 3. The normalized spacial score (nSPS) is 18.9. The summed E-state index contributed by atoms with van der Waals surface area (Å²) in [5, 5.41) is 3.24. The summed E-state index contributed by atoms with van der Waals surface area (Å²) in [4.78, 5) is 2.10. The average Bonchev–Trinajstić information content (AvgIpc) is 2.12.